The first kappa shape index (κ1) is 50.7. The quantitative estimate of drug-likeness (QED) is 0.0177. The van der Waals surface area contributed by atoms with E-state index in [0.29, 0.717) is 31.5 Å². The first-order chi connectivity index (χ1) is 26.6. The molecule has 0 spiro atoms. The van der Waals surface area contributed by atoms with Crippen molar-refractivity contribution in [1.29, 1.82) is 0 Å². The van der Waals surface area contributed by atoms with Crippen molar-refractivity contribution in [2.75, 3.05) is 19.8 Å². The zero-order valence-corrected chi connectivity index (χ0v) is 34.9. The summed E-state index contributed by atoms with van der Waals surface area (Å²) in [5.41, 5.74) is 5.32. The Hall–Kier alpha value is -2.34. The van der Waals surface area contributed by atoms with E-state index in [1.165, 1.54) is 83.5 Å². The molecule has 0 amide bonds. The molecule has 1 saturated heterocycles. The number of hydrogen-bond donors (Lipinski definition) is 3. The molecule has 3 unspecified atom stereocenters. The summed E-state index contributed by atoms with van der Waals surface area (Å²) in [5, 5.41) is 8.88. The van der Waals surface area contributed by atoms with Crippen molar-refractivity contribution >= 4 is 25.7 Å². The van der Waals surface area contributed by atoms with Crippen LogP contribution in [0.2, 0.25) is 0 Å². The van der Waals surface area contributed by atoms with Crippen LogP contribution >= 0.6 is 7.82 Å². The van der Waals surface area contributed by atoms with E-state index in [-0.39, 0.29) is 19.4 Å². The Morgan fingerprint density at radius 3 is 1.82 bits per heavy atom. The fraction of sp³-hybridized carbons (Fsp3) is 0.786. The molecule has 13 heteroatoms. The lowest BCUT2D eigenvalue weighted by atomic mass is 10.0. The van der Waals surface area contributed by atoms with E-state index in [2.05, 4.69) is 42.7 Å². The molecule has 318 valence electrons. The third-order valence-corrected chi connectivity index (χ3v) is 10.3. The van der Waals surface area contributed by atoms with Gasteiger partial charge >= 0.3 is 25.7 Å². The lowest BCUT2D eigenvalue weighted by Gasteiger charge is -2.20. The highest BCUT2D eigenvalue weighted by atomic mass is 31.2. The molecule has 5 atom stereocenters. The first-order valence-corrected chi connectivity index (χ1v) is 22.6. The van der Waals surface area contributed by atoms with E-state index in [1.807, 2.05) is 12.2 Å². The van der Waals surface area contributed by atoms with Crippen LogP contribution in [0.4, 0.5) is 0 Å². The number of esters is 2. The van der Waals surface area contributed by atoms with Crippen LogP contribution in [0.1, 0.15) is 168 Å². The predicted octanol–water partition coefficient (Wildman–Crippen LogP) is 9.83. The van der Waals surface area contributed by atoms with Gasteiger partial charge in [-0.15, -0.1) is 0 Å². The number of carboxylic acids is 1. The van der Waals surface area contributed by atoms with Gasteiger partial charge in [-0.25, -0.2) is 4.57 Å². The SMILES string of the molecule is CCCCCCCCCCCCCCCC(=O)O[C@H](COC(=O)CCC/C=C\C/C=C\C/C=C\CC1OC1CCCCC)COP(=O)(O)OC[C@H](N)C(=O)O. The van der Waals surface area contributed by atoms with Crippen molar-refractivity contribution in [2.45, 2.75) is 192 Å². The second-order valence-electron chi connectivity index (χ2n) is 14.5. The minimum atomic E-state index is -4.73. The van der Waals surface area contributed by atoms with E-state index in [1.54, 1.807) is 0 Å². The highest BCUT2D eigenvalue weighted by molar-refractivity contribution is 7.47. The number of aliphatic carboxylic acids is 1. The third kappa shape index (κ3) is 31.4. The molecule has 1 heterocycles. The summed E-state index contributed by atoms with van der Waals surface area (Å²) in [4.78, 5) is 45.9. The van der Waals surface area contributed by atoms with Gasteiger partial charge in [0.1, 0.15) is 12.6 Å². The number of carbonyl (C=O) groups excluding carboxylic acids is 2. The smallest absolute Gasteiger partial charge is 0.472 e. The molecule has 0 aromatic rings. The number of carbonyl (C=O) groups is 3. The van der Waals surface area contributed by atoms with E-state index < -0.39 is 51.1 Å². The molecule has 0 aromatic heterocycles. The van der Waals surface area contributed by atoms with Crippen molar-refractivity contribution in [1.82, 2.24) is 0 Å². The fourth-order valence-corrected chi connectivity index (χ4v) is 6.64. The van der Waals surface area contributed by atoms with Crippen molar-refractivity contribution in [3.63, 3.8) is 0 Å². The average molecular weight is 800 g/mol. The molecule has 0 aromatic carbocycles. The highest BCUT2D eigenvalue weighted by Gasteiger charge is 2.36. The Bertz CT molecular complexity index is 1140. The molecular formula is C42H74NO11P. The van der Waals surface area contributed by atoms with Gasteiger partial charge in [0.15, 0.2) is 6.10 Å². The molecule has 1 fully saturated rings. The number of unbranched alkanes of at least 4 members (excludes halogenated alkanes) is 15. The number of nitrogens with two attached hydrogens (primary N) is 1. The maximum Gasteiger partial charge on any atom is 0.472 e. The summed E-state index contributed by atoms with van der Waals surface area (Å²) in [6.07, 6.45) is 36.8. The molecule has 1 aliphatic rings. The van der Waals surface area contributed by atoms with Crippen LogP contribution in [0.25, 0.3) is 0 Å². The minimum absolute atomic E-state index is 0.143. The molecular weight excluding hydrogens is 725 g/mol. The lowest BCUT2D eigenvalue weighted by molar-refractivity contribution is -0.161. The van der Waals surface area contributed by atoms with Crippen LogP contribution in [-0.2, 0) is 42.2 Å². The van der Waals surface area contributed by atoms with Crippen molar-refractivity contribution in [2.24, 2.45) is 5.73 Å². The van der Waals surface area contributed by atoms with Gasteiger partial charge in [-0.1, -0.05) is 147 Å². The van der Waals surface area contributed by atoms with Crippen molar-refractivity contribution in [3.8, 4) is 0 Å². The fourth-order valence-electron chi connectivity index (χ4n) is 5.86. The molecule has 0 radical (unpaired) electrons. The van der Waals surface area contributed by atoms with Crippen molar-refractivity contribution in [3.05, 3.63) is 36.5 Å². The van der Waals surface area contributed by atoms with Crippen LogP contribution < -0.4 is 5.73 Å². The van der Waals surface area contributed by atoms with Gasteiger partial charge in [-0.05, 0) is 44.9 Å². The number of rotatable bonds is 38. The molecule has 0 saturated carbocycles. The summed E-state index contributed by atoms with van der Waals surface area (Å²) in [5.74, 6) is -2.45. The van der Waals surface area contributed by atoms with E-state index in [9.17, 15) is 23.8 Å². The Labute approximate surface area is 331 Å². The van der Waals surface area contributed by atoms with E-state index in [4.69, 9.17) is 29.6 Å². The van der Waals surface area contributed by atoms with Gasteiger partial charge in [0.05, 0.1) is 25.4 Å². The normalized spacial score (nSPS) is 17.8. The van der Waals surface area contributed by atoms with E-state index >= 15 is 0 Å². The Morgan fingerprint density at radius 2 is 1.20 bits per heavy atom. The van der Waals surface area contributed by atoms with Gasteiger partial charge in [0.25, 0.3) is 0 Å². The molecule has 1 rings (SSSR count). The van der Waals surface area contributed by atoms with E-state index in [0.717, 1.165) is 38.5 Å². The van der Waals surface area contributed by atoms with Crippen molar-refractivity contribution < 1.29 is 52.2 Å². The van der Waals surface area contributed by atoms with Gasteiger partial charge in [0, 0.05) is 12.8 Å². The molecule has 0 aliphatic carbocycles. The molecule has 1 aliphatic heterocycles. The molecule has 0 bridgehead atoms. The summed E-state index contributed by atoms with van der Waals surface area (Å²) < 4.78 is 38.3. The number of hydrogen-bond acceptors (Lipinski definition) is 10. The van der Waals surface area contributed by atoms with Crippen LogP contribution in [0.5, 0.6) is 0 Å². The maximum absolute atomic E-state index is 12.6. The van der Waals surface area contributed by atoms with Gasteiger partial charge in [-0.2, -0.15) is 0 Å². The standard InChI is InChI=1S/C42H74NO11P/c1-3-5-7-8-9-10-11-12-13-18-21-24-28-32-41(45)53-36(34-51-55(48,49)52-35-37(43)42(46)47)33-50-40(44)31-27-23-20-17-15-14-16-19-22-26-30-39-38(54-39)29-25-6-4-2/h14,16-17,20,22,26,36-39H,3-13,15,18-19,21,23-25,27-35,43H2,1-2H3,(H,46,47)(H,48,49)/b16-14-,20-17-,26-22-/t36-,37+,38?,39?/m1/s1. The Kier molecular flexibility index (Phi) is 31.1. The second kappa shape index (κ2) is 33.8. The minimum Gasteiger partial charge on any atom is -0.480 e. The van der Waals surface area contributed by atoms with Gasteiger partial charge in [-0.3, -0.25) is 23.4 Å². The van der Waals surface area contributed by atoms with Crippen LogP contribution in [0.15, 0.2) is 36.5 Å². The van der Waals surface area contributed by atoms with Crippen LogP contribution in [0.3, 0.4) is 0 Å². The number of carboxylic acid groups (broad SMARTS) is 1. The Morgan fingerprint density at radius 1 is 0.673 bits per heavy atom. The van der Waals surface area contributed by atoms with Gasteiger partial charge in [0.2, 0.25) is 0 Å². The number of phosphoric ester groups is 1. The molecule has 12 nitrogen and oxygen atoms in total. The summed E-state index contributed by atoms with van der Waals surface area (Å²) in [6, 6.07) is -1.53. The highest BCUT2D eigenvalue weighted by Crippen LogP contribution is 2.43. The topological polar surface area (TPSA) is 184 Å². The monoisotopic (exact) mass is 799 g/mol. The summed E-state index contributed by atoms with van der Waals surface area (Å²) in [6.45, 7) is 2.70. The number of phosphoric acid groups is 1. The number of allylic oxidation sites excluding steroid dienone is 5. The zero-order valence-electron chi connectivity index (χ0n) is 34.0. The molecule has 4 N–H and O–H groups in total. The maximum atomic E-state index is 12.6. The summed E-state index contributed by atoms with van der Waals surface area (Å²) >= 11 is 0. The number of ether oxygens (including phenoxy) is 3. The lowest BCUT2D eigenvalue weighted by Crippen LogP contribution is -2.34. The van der Waals surface area contributed by atoms with Gasteiger partial charge < -0.3 is 29.9 Å². The second-order valence-corrected chi connectivity index (χ2v) is 16.0. The van der Waals surface area contributed by atoms with Crippen LogP contribution in [-0.4, -0.2) is 72.1 Å². The predicted molar refractivity (Wildman–Crippen MR) is 216 cm³/mol. The average Bonchev–Trinajstić information content (AvgIpc) is 3.91. The van der Waals surface area contributed by atoms with Crippen LogP contribution in [0, 0.1) is 0 Å². The Balaban J connectivity index is 2.32. The first-order valence-electron chi connectivity index (χ1n) is 21.1. The zero-order chi connectivity index (χ0) is 40.4. The number of epoxide rings is 1. The largest absolute Gasteiger partial charge is 0.480 e. The third-order valence-electron chi connectivity index (χ3n) is 9.32. The molecule has 55 heavy (non-hydrogen) atoms. The summed E-state index contributed by atoms with van der Waals surface area (Å²) in [7, 11) is -4.73.